The number of anilines is 1. The number of ether oxygens (including phenoxy) is 1. The van der Waals surface area contributed by atoms with Crippen molar-refractivity contribution in [3.63, 3.8) is 0 Å². The molecule has 0 unspecified atom stereocenters. The van der Waals surface area contributed by atoms with Crippen LogP contribution < -0.4 is 10.5 Å². The summed E-state index contributed by atoms with van der Waals surface area (Å²) in [6.45, 7) is 9.61. The highest BCUT2D eigenvalue weighted by Gasteiger charge is 2.10. The number of nitrogens with two attached hydrogens (primary N) is 1. The molecule has 2 N–H and O–H groups in total. The van der Waals surface area contributed by atoms with E-state index in [0.29, 0.717) is 5.75 Å². The van der Waals surface area contributed by atoms with E-state index in [9.17, 15) is 4.39 Å². The maximum absolute atomic E-state index is 13.6. The Balaban J connectivity index is 2.76. The van der Waals surface area contributed by atoms with Gasteiger partial charge in [0.1, 0.15) is 18.2 Å². The highest BCUT2D eigenvalue weighted by Crippen LogP contribution is 2.25. The molecule has 100 valence electrons. The van der Waals surface area contributed by atoms with Gasteiger partial charge in [-0.25, -0.2) is 4.39 Å². The fourth-order valence-corrected chi connectivity index (χ4v) is 1.63. The van der Waals surface area contributed by atoms with Crippen molar-refractivity contribution in [3.05, 3.63) is 35.2 Å². The summed E-state index contributed by atoms with van der Waals surface area (Å²) in [5.41, 5.74) is 8.19. The lowest BCUT2D eigenvalue weighted by Gasteiger charge is -2.14. The maximum Gasteiger partial charge on any atom is 0.139 e. The molecule has 0 bridgehead atoms. The molecule has 0 amide bonds. The highest BCUT2D eigenvalue weighted by atomic mass is 19.1. The molecule has 18 heavy (non-hydrogen) atoms. The van der Waals surface area contributed by atoms with Crippen LogP contribution in [0, 0.1) is 19.3 Å². The molecule has 1 aromatic rings. The lowest BCUT2D eigenvalue weighted by atomic mass is 9.96. The molecule has 0 aliphatic carbocycles. The van der Waals surface area contributed by atoms with Gasteiger partial charge in [-0.15, -0.1) is 0 Å². The Morgan fingerprint density at radius 2 is 1.89 bits per heavy atom. The van der Waals surface area contributed by atoms with Crippen molar-refractivity contribution in [3.8, 4) is 5.75 Å². The molecular formula is C15H22FNO. The fraction of sp³-hybridized carbons (Fsp3) is 0.467. The highest BCUT2D eigenvalue weighted by molar-refractivity contribution is 5.53. The first-order valence-electron chi connectivity index (χ1n) is 6.06. The zero-order valence-corrected chi connectivity index (χ0v) is 11.8. The molecule has 1 aromatic carbocycles. The second-order valence-electron chi connectivity index (χ2n) is 5.72. The number of rotatable bonds is 3. The second kappa shape index (κ2) is 5.42. The van der Waals surface area contributed by atoms with Crippen molar-refractivity contribution < 1.29 is 9.13 Å². The zero-order chi connectivity index (χ0) is 13.9. The number of allylic oxidation sites excluding steroid dienone is 1. The zero-order valence-electron chi connectivity index (χ0n) is 11.8. The molecule has 2 nitrogen and oxygen atoms in total. The smallest absolute Gasteiger partial charge is 0.139 e. The van der Waals surface area contributed by atoms with Crippen molar-refractivity contribution in [1.29, 1.82) is 0 Å². The summed E-state index contributed by atoms with van der Waals surface area (Å²) in [5.74, 6) is 0.426. The third kappa shape index (κ3) is 4.40. The molecule has 0 heterocycles. The van der Waals surface area contributed by atoms with Gasteiger partial charge in [0.05, 0.1) is 0 Å². The SMILES string of the molecule is Cc1cc(OCC(F)=CC(C)(C)C)c(C)cc1N. The van der Waals surface area contributed by atoms with Crippen molar-refractivity contribution in [2.45, 2.75) is 34.6 Å². The summed E-state index contributed by atoms with van der Waals surface area (Å²) in [6.07, 6.45) is 1.58. The minimum Gasteiger partial charge on any atom is -0.486 e. The van der Waals surface area contributed by atoms with Crippen LogP contribution in [0.5, 0.6) is 5.75 Å². The second-order valence-corrected chi connectivity index (χ2v) is 5.72. The van der Waals surface area contributed by atoms with E-state index >= 15 is 0 Å². The first kappa shape index (κ1) is 14.6. The first-order chi connectivity index (χ1) is 8.19. The Morgan fingerprint density at radius 3 is 2.44 bits per heavy atom. The van der Waals surface area contributed by atoms with Crippen LogP contribution >= 0.6 is 0 Å². The van der Waals surface area contributed by atoms with Gasteiger partial charge in [-0.2, -0.15) is 0 Å². The minimum absolute atomic E-state index is 0.0402. The largest absolute Gasteiger partial charge is 0.486 e. The molecule has 0 saturated carbocycles. The first-order valence-corrected chi connectivity index (χ1v) is 6.06. The molecule has 0 spiro atoms. The number of halogens is 1. The van der Waals surface area contributed by atoms with E-state index in [1.54, 1.807) is 6.08 Å². The lowest BCUT2D eigenvalue weighted by Crippen LogP contribution is -2.05. The Bertz CT molecular complexity index is 458. The molecule has 1 rings (SSSR count). The van der Waals surface area contributed by atoms with Crippen molar-refractivity contribution in [1.82, 2.24) is 0 Å². The van der Waals surface area contributed by atoms with Gasteiger partial charge in [0.15, 0.2) is 0 Å². The van der Waals surface area contributed by atoms with Gasteiger partial charge < -0.3 is 10.5 Å². The van der Waals surface area contributed by atoms with E-state index in [1.807, 2.05) is 46.8 Å². The molecular weight excluding hydrogens is 229 g/mol. The Kier molecular flexibility index (Phi) is 4.38. The van der Waals surface area contributed by atoms with E-state index < -0.39 is 0 Å². The molecule has 0 atom stereocenters. The lowest BCUT2D eigenvalue weighted by molar-refractivity contribution is 0.311. The normalized spacial score (nSPS) is 12.7. The molecule has 0 aliphatic heterocycles. The van der Waals surface area contributed by atoms with Gasteiger partial charge >= 0.3 is 0 Å². The summed E-state index contributed by atoms with van der Waals surface area (Å²) in [5, 5.41) is 0. The van der Waals surface area contributed by atoms with Crippen LogP contribution in [0.25, 0.3) is 0 Å². The molecule has 0 aromatic heterocycles. The van der Waals surface area contributed by atoms with Gasteiger partial charge in [-0.05, 0) is 48.6 Å². The minimum atomic E-state index is -0.253. The van der Waals surface area contributed by atoms with Crippen LogP contribution in [-0.4, -0.2) is 6.61 Å². The molecule has 0 radical (unpaired) electrons. The van der Waals surface area contributed by atoms with Crippen LogP contribution in [-0.2, 0) is 0 Å². The summed E-state index contributed by atoms with van der Waals surface area (Å²) in [4.78, 5) is 0. The summed E-state index contributed by atoms with van der Waals surface area (Å²) >= 11 is 0. The fourth-order valence-electron chi connectivity index (χ4n) is 1.63. The molecule has 0 aliphatic rings. The summed E-state index contributed by atoms with van der Waals surface area (Å²) < 4.78 is 19.1. The quantitative estimate of drug-likeness (QED) is 0.818. The van der Waals surface area contributed by atoms with E-state index in [-0.39, 0.29) is 17.8 Å². The third-order valence-electron chi connectivity index (χ3n) is 2.52. The summed E-state index contributed by atoms with van der Waals surface area (Å²) in [7, 11) is 0. The van der Waals surface area contributed by atoms with E-state index in [1.165, 1.54) is 0 Å². The van der Waals surface area contributed by atoms with Gasteiger partial charge in [0.2, 0.25) is 0 Å². The predicted molar refractivity (Wildman–Crippen MR) is 74.5 cm³/mol. The van der Waals surface area contributed by atoms with E-state index in [2.05, 4.69) is 0 Å². The number of nitrogen functional groups attached to an aromatic ring is 1. The Labute approximate surface area is 109 Å². The number of benzene rings is 1. The Morgan fingerprint density at radius 1 is 1.28 bits per heavy atom. The van der Waals surface area contributed by atoms with Gasteiger partial charge in [-0.1, -0.05) is 20.8 Å². The van der Waals surface area contributed by atoms with Gasteiger partial charge in [0, 0.05) is 5.69 Å². The number of hydrogen-bond acceptors (Lipinski definition) is 2. The maximum atomic E-state index is 13.6. The number of aryl methyl sites for hydroxylation is 2. The van der Waals surface area contributed by atoms with Crippen molar-refractivity contribution in [2.75, 3.05) is 12.3 Å². The van der Waals surface area contributed by atoms with E-state index in [4.69, 9.17) is 10.5 Å². The van der Waals surface area contributed by atoms with Crippen LogP contribution in [0.4, 0.5) is 10.1 Å². The molecule has 0 fully saturated rings. The third-order valence-corrected chi connectivity index (χ3v) is 2.52. The van der Waals surface area contributed by atoms with Crippen LogP contribution in [0.15, 0.2) is 24.0 Å². The monoisotopic (exact) mass is 251 g/mol. The molecule has 0 saturated heterocycles. The average Bonchev–Trinajstić information content (AvgIpc) is 2.19. The standard InChI is InChI=1S/C15H22FNO/c1-10-7-14(11(2)6-13(10)17)18-9-12(16)8-15(3,4)5/h6-8H,9,17H2,1-5H3. The van der Waals surface area contributed by atoms with Crippen LogP contribution in [0.2, 0.25) is 0 Å². The Hall–Kier alpha value is -1.51. The van der Waals surface area contributed by atoms with Crippen LogP contribution in [0.1, 0.15) is 31.9 Å². The molecule has 3 heteroatoms. The summed E-state index contributed by atoms with van der Waals surface area (Å²) in [6, 6.07) is 3.69. The van der Waals surface area contributed by atoms with E-state index in [0.717, 1.165) is 16.8 Å². The predicted octanol–water partition coefficient (Wildman–Crippen LogP) is 4.16. The topological polar surface area (TPSA) is 35.2 Å². The average molecular weight is 251 g/mol. The van der Waals surface area contributed by atoms with Crippen molar-refractivity contribution in [2.24, 2.45) is 5.41 Å². The van der Waals surface area contributed by atoms with Crippen LogP contribution in [0.3, 0.4) is 0 Å². The number of hydrogen-bond donors (Lipinski definition) is 1. The van der Waals surface area contributed by atoms with Crippen molar-refractivity contribution >= 4 is 5.69 Å². The van der Waals surface area contributed by atoms with Gasteiger partial charge in [0.25, 0.3) is 0 Å². The van der Waals surface area contributed by atoms with Gasteiger partial charge in [-0.3, -0.25) is 0 Å².